The zero-order valence-electron chi connectivity index (χ0n) is 21.6. The van der Waals surface area contributed by atoms with Crippen LogP contribution in [0.4, 0.5) is 0 Å². The van der Waals surface area contributed by atoms with Crippen LogP contribution in [0.1, 0.15) is 59.8 Å². The molecule has 3 rings (SSSR count). The molecule has 0 bridgehead atoms. The minimum Gasteiger partial charge on any atom is -0.481 e. The number of fused-ring (bicyclic) bond motifs is 2. The second-order valence-corrected chi connectivity index (χ2v) is 10.7. The largest absolute Gasteiger partial charge is 0.481 e. The SMILES string of the molecule is C/C=C/C=C/C=C/C(=O)O[C@H]1[C@H](OC)C2=C(C(=O)N(CCCC(=O)O)C2)[C@@]2(C)CCCC(C)(C)[C@H]12. The van der Waals surface area contributed by atoms with Gasteiger partial charge in [-0.2, -0.15) is 0 Å². The Labute approximate surface area is 208 Å². The number of amides is 1. The number of hydrogen-bond acceptors (Lipinski definition) is 5. The second kappa shape index (κ2) is 10.9. The Balaban J connectivity index is 1.95. The van der Waals surface area contributed by atoms with Gasteiger partial charge in [-0.1, -0.05) is 57.6 Å². The molecule has 1 fully saturated rings. The van der Waals surface area contributed by atoms with E-state index in [0.29, 0.717) is 19.5 Å². The molecule has 1 heterocycles. The molecular formula is C28H39NO6. The lowest BCUT2D eigenvalue weighted by atomic mass is 9.49. The average Bonchev–Trinajstić information content (AvgIpc) is 3.10. The number of carboxylic acids is 1. The zero-order chi connectivity index (χ0) is 25.8. The number of methoxy groups -OCH3 is 1. The predicted octanol–water partition coefficient (Wildman–Crippen LogP) is 4.45. The highest BCUT2D eigenvalue weighted by molar-refractivity contribution is 5.99. The number of allylic oxidation sites excluding steroid dienone is 5. The van der Waals surface area contributed by atoms with E-state index in [-0.39, 0.29) is 23.7 Å². The van der Waals surface area contributed by atoms with Crippen LogP contribution in [0.5, 0.6) is 0 Å². The maximum atomic E-state index is 13.6. The molecule has 7 nitrogen and oxygen atoms in total. The van der Waals surface area contributed by atoms with Crippen molar-refractivity contribution in [3.63, 3.8) is 0 Å². The highest BCUT2D eigenvalue weighted by Gasteiger charge is 2.62. The molecule has 3 aliphatic rings. The van der Waals surface area contributed by atoms with Gasteiger partial charge >= 0.3 is 11.9 Å². The van der Waals surface area contributed by atoms with Crippen molar-refractivity contribution in [2.75, 3.05) is 20.2 Å². The maximum absolute atomic E-state index is 13.6. The van der Waals surface area contributed by atoms with Crippen LogP contribution in [0, 0.1) is 16.7 Å². The van der Waals surface area contributed by atoms with Crippen molar-refractivity contribution in [1.82, 2.24) is 4.90 Å². The molecule has 35 heavy (non-hydrogen) atoms. The van der Waals surface area contributed by atoms with Crippen LogP contribution >= 0.6 is 0 Å². The normalized spacial score (nSPS) is 30.4. The quantitative estimate of drug-likeness (QED) is 0.295. The van der Waals surface area contributed by atoms with Crippen molar-refractivity contribution in [3.8, 4) is 0 Å². The van der Waals surface area contributed by atoms with Gasteiger partial charge in [-0.15, -0.1) is 0 Å². The Hall–Kier alpha value is -2.67. The Kier molecular flexibility index (Phi) is 8.42. The Morgan fingerprint density at radius 2 is 1.86 bits per heavy atom. The Morgan fingerprint density at radius 1 is 1.14 bits per heavy atom. The molecule has 0 aromatic carbocycles. The third-order valence-electron chi connectivity index (χ3n) is 7.85. The fourth-order valence-corrected chi connectivity index (χ4v) is 6.60. The number of nitrogens with zero attached hydrogens (tertiary/aromatic N) is 1. The van der Waals surface area contributed by atoms with Crippen LogP contribution in [0.2, 0.25) is 0 Å². The summed E-state index contributed by atoms with van der Waals surface area (Å²) in [5, 5.41) is 9.02. The summed E-state index contributed by atoms with van der Waals surface area (Å²) in [6.07, 6.45) is 12.6. The molecule has 0 aromatic rings. The van der Waals surface area contributed by atoms with Crippen LogP contribution in [0.15, 0.2) is 47.6 Å². The third-order valence-corrected chi connectivity index (χ3v) is 7.85. The molecule has 192 valence electrons. The fourth-order valence-electron chi connectivity index (χ4n) is 6.60. The molecule has 0 radical (unpaired) electrons. The summed E-state index contributed by atoms with van der Waals surface area (Å²) in [5.74, 6) is -1.42. The summed E-state index contributed by atoms with van der Waals surface area (Å²) in [7, 11) is 1.60. The van der Waals surface area contributed by atoms with E-state index in [1.807, 2.05) is 25.2 Å². The molecule has 7 heteroatoms. The van der Waals surface area contributed by atoms with E-state index < -0.39 is 29.6 Å². The van der Waals surface area contributed by atoms with Gasteiger partial charge in [-0.05, 0) is 37.2 Å². The van der Waals surface area contributed by atoms with Crippen LogP contribution in [0.25, 0.3) is 0 Å². The number of ether oxygens (including phenoxy) is 2. The van der Waals surface area contributed by atoms with Crippen molar-refractivity contribution < 1.29 is 29.0 Å². The molecule has 0 aromatic heterocycles. The fraction of sp³-hybridized carbons (Fsp3) is 0.607. The van der Waals surface area contributed by atoms with Gasteiger partial charge in [0.1, 0.15) is 12.2 Å². The third kappa shape index (κ3) is 5.45. The first-order valence-electron chi connectivity index (χ1n) is 12.5. The standard InChI is InChI=1S/C28H39NO6/c1-6-7-8-9-10-14-21(32)35-24-23(34-5)19-18-29(17-11-13-20(30)31)26(33)22(19)28(4)16-12-15-27(2,3)25(24)28/h6-10,14,23-25H,11-13,15-18H2,1-5H3,(H,30,31)/b7-6+,9-8+,14-10+/t23-,24+,25+,28-/m1/s1. The van der Waals surface area contributed by atoms with E-state index in [0.717, 1.165) is 30.4 Å². The van der Waals surface area contributed by atoms with Crippen molar-refractivity contribution >= 4 is 17.8 Å². The molecule has 1 amide bonds. The first-order chi connectivity index (χ1) is 16.6. The molecule has 4 atom stereocenters. The summed E-state index contributed by atoms with van der Waals surface area (Å²) < 4.78 is 12.1. The van der Waals surface area contributed by atoms with Crippen molar-refractivity contribution in [1.29, 1.82) is 0 Å². The molecule has 1 saturated carbocycles. The number of carbonyl (C=O) groups is 3. The molecule has 0 saturated heterocycles. The van der Waals surface area contributed by atoms with E-state index >= 15 is 0 Å². The number of hydrogen-bond donors (Lipinski definition) is 1. The first kappa shape index (κ1) is 26.9. The molecule has 0 unspecified atom stereocenters. The minimum absolute atomic E-state index is 0.0180. The van der Waals surface area contributed by atoms with Crippen LogP contribution < -0.4 is 0 Å². The molecule has 1 aliphatic heterocycles. The van der Waals surface area contributed by atoms with Gasteiger partial charge in [-0.25, -0.2) is 4.79 Å². The summed E-state index contributed by atoms with van der Waals surface area (Å²) in [4.78, 5) is 39.2. The zero-order valence-corrected chi connectivity index (χ0v) is 21.6. The predicted molar refractivity (Wildman–Crippen MR) is 133 cm³/mol. The molecule has 1 N–H and O–H groups in total. The van der Waals surface area contributed by atoms with Crippen LogP contribution in [-0.2, 0) is 23.9 Å². The summed E-state index contributed by atoms with van der Waals surface area (Å²) in [5.41, 5.74) is 1.04. The Bertz CT molecular complexity index is 958. The van der Waals surface area contributed by atoms with Crippen molar-refractivity contribution in [2.24, 2.45) is 16.7 Å². The number of esters is 1. The second-order valence-electron chi connectivity index (χ2n) is 10.7. The smallest absolute Gasteiger partial charge is 0.331 e. The minimum atomic E-state index is -0.870. The highest BCUT2D eigenvalue weighted by atomic mass is 16.6. The molecule has 2 aliphatic carbocycles. The highest BCUT2D eigenvalue weighted by Crippen LogP contribution is 2.61. The van der Waals surface area contributed by atoms with E-state index in [1.54, 1.807) is 24.2 Å². The van der Waals surface area contributed by atoms with Gasteiger partial charge in [0.05, 0.1) is 0 Å². The van der Waals surface area contributed by atoms with Gasteiger partial charge in [0.15, 0.2) is 0 Å². The monoisotopic (exact) mass is 485 g/mol. The topological polar surface area (TPSA) is 93.1 Å². The first-order valence-corrected chi connectivity index (χ1v) is 12.5. The van der Waals surface area contributed by atoms with Crippen molar-refractivity contribution in [3.05, 3.63) is 47.6 Å². The van der Waals surface area contributed by atoms with E-state index in [4.69, 9.17) is 14.6 Å². The van der Waals surface area contributed by atoms with Crippen molar-refractivity contribution in [2.45, 2.75) is 72.0 Å². The van der Waals surface area contributed by atoms with Gasteiger partial charge in [0.2, 0.25) is 0 Å². The van der Waals surface area contributed by atoms with Gasteiger partial charge in [0.25, 0.3) is 5.91 Å². The maximum Gasteiger partial charge on any atom is 0.331 e. The van der Waals surface area contributed by atoms with E-state index in [1.165, 1.54) is 6.08 Å². The van der Waals surface area contributed by atoms with Crippen LogP contribution in [-0.4, -0.2) is 60.3 Å². The number of rotatable bonds is 9. The lowest BCUT2D eigenvalue weighted by Gasteiger charge is -2.57. The lowest BCUT2D eigenvalue weighted by Crippen LogP contribution is -2.58. The van der Waals surface area contributed by atoms with Crippen LogP contribution in [0.3, 0.4) is 0 Å². The number of aliphatic carboxylic acids is 1. The van der Waals surface area contributed by atoms with Gasteiger partial charge < -0.3 is 19.5 Å². The van der Waals surface area contributed by atoms with E-state index in [2.05, 4.69) is 20.8 Å². The average molecular weight is 486 g/mol. The molecule has 0 spiro atoms. The number of carbonyl (C=O) groups excluding carboxylic acids is 2. The number of carboxylic acid groups (broad SMARTS) is 1. The lowest BCUT2D eigenvalue weighted by molar-refractivity contribution is -0.173. The van der Waals surface area contributed by atoms with Gasteiger partial charge in [0, 0.05) is 49.6 Å². The summed E-state index contributed by atoms with van der Waals surface area (Å²) >= 11 is 0. The summed E-state index contributed by atoms with van der Waals surface area (Å²) in [6, 6.07) is 0. The van der Waals surface area contributed by atoms with E-state index in [9.17, 15) is 14.4 Å². The Morgan fingerprint density at radius 3 is 2.51 bits per heavy atom. The van der Waals surface area contributed by atoms with Gasteiger partial charge in [-0.3, -0.25) is 9.59 Å². The summed E-state index contributed by atoms with van der Waals surface area (Å²) in [6.45, 7) is 9.19. The molecular weight excluding hydrogens is 446 g/mol.